The zero-order valence-electron chi connectivity index (χ0n) is 24.9. The Morgan fingerprint density at radius 1 is 0.953 bits per heavy atom. The van der Waals surface area contributed by atoms with Gasteiger partial charge in [-0.05, 0) is 73.2 Å². The molecule has 1 saturated heterocycles. The van der Waals surface area contributed by atoms with Crippen LogP contribution in [0.2, 0.25) is 0 Å². The van der Waals surface area contributed by atoms with Crippen molar-refractivity contribution in [1.29, 1.82) is 0 Å². The van der Waals surface area contributed by atoms with E-state index in [4.69, 9.17) is 14.5 Å². The SMILES string of the molecule is COc1ccc(-c2nc3ccc(-c4cc5ccccc5s4)cn3c2CN2CCN(C(=O)[C@H]3CCC[C@@H](OC)C3)CC2)cc1. The number of benzene rings is 2. The number of carbonyl (C=O) groups excluding carboxylic acids is 1. The van der Waals surface area contributed by atoms with Crippen molar-refractivity contribution in [2.75, 3.05) is 40.4 Å². The summed E-state index contributed by atoms with van der Waals surface area (Å²) in [6.45, 7) is 3.97. The van der Waals surface area contributed by atoms with Crippen LogP contribution in [0.15, 0.2) is 72.9 Å². The third-order valence-electron chi connectivity index (χ3n) is 9.16. The maximum absolute atomic E-state index is 13.4. The van der Waals surface area contributed by atoms with Crippen molar-refractivity contribution in [2.45, 2.75) is 38.3 Å². The summed E-state index contributed by atoms with van der Waals surface area (Å²) in [6, 6.07) is 23.3. The zero-order valence-corrected chi connectivity index (χ0v) is 25.7. The van der Waals surface area contributed by atoms with Crippen molar-refractivity contribution in [2.24, 2.45) is 5.92 Å². The van der Waals surface area contributed by atoms with E-state index < -0.39 is 0 Å². The van der Waals surface area contributed by atoms with Crippen molar-refractivity contribution >= 4 is 33.0 Å². The molecule has 2 atom stereocenters. The number of ether oxygens (including phenoxy) is 2. The Hall–Kier alpha value is -3.72. The lowest BCUT2D eigenvalue weighted by molar-refractivity contribution is -0.140. The van der Waals surface area contributed by atoms with Crippen LogP contribution < -0.4 is 4.74 Å². The van der Waals surface area contributed by atoms with Crippen molar-refractivity contribution < 1.29 is 14.3 Å². The highest BCUT2D eigenvalue weighted by molar-refractivity contribution is 7.22. The maximum Gasteiger partial charge on any atom is 0.225 e. The third kappa shape index (κ3) is 5.67. The molecular formula is C35H38N4O3S. The largest absolute Gasteiger partial charge is 0.497 e. The number of fused-ring (bicyclic) bond motifs is 2. The molecule has 2 aliphatic rings. The van der Waals surface area contributed by atoms with Crippen molar-refractivity contribution in [3.8, 4) is 27.4 Å². The van der Waals surface area contributed by atoms with Crippen molar-refractivity contribution in [3.63, 3.8) is 0 Å². The number of amides is 1. The van der Waals surface area contributed by atoms with Gasteiger partial charge in [0, 0.05) is 72.7 Å². The summed E-state index contributed by atoms with van der Waals surface area (Å²) >= 11 is 1.82. The summed E-state index contributed by atoms with van der Waals surface area (Å²) in [5.74, 6) is 1.23. The zero-order chi connectivity index (χ0) is 29.3. The van der Waals surface area contributed by atoms with E-state index in [0.717, 1.165) is 86.8 Å². The smallest absolute Gasteiger partial charge is 0.225 e. The highest BCUT2D eigenvalue weighted by Crippen LogP contribution is 2.35. The number of hydrogen-bond acceptors (Lipinski definition) is 6. The molecule has 2 aromatic carbocycles. The monoisotopic (exact) mass is 594 g/mol. The van der Waals surface area contributed by atoms with E-state index in [1.54, 1.807) is 14.2 Å². The molecule has 1 amide bonds. The van der Waals surface area contributed by atoms with Crippen molar-refractivity contribution in [3.05, 3.63) is 78.6 Å². The van der Waals surface area contributed by atoms with Crippen LogP contribution in [0.1, 0.15) is 31.4 Å². The van der Waals surface area contributed by atoms with Crippen LogP contribution >= 0.6 is 11.3 Å². The van der Waals surface area contributed by atoms with Gasteiger partial charge >= 0.3 is 0 Å². The summed E-state index contributed by atoms with van der Waals surface area (Å²) in [7, 11) is 3.46. The number of methoxy groups -OCH3 is 2. The fourth-order valence-corrected chi connectivity index (χ4v) is 7.73. The van der Waals surface area contributed by atoms with Gasteiger partial charge in [0.25, 0.3) is 0 Å². The average Bonchev–Trinajstić information content (AvgIpc) is 3.66. The fourth-order valence-electron chi connectivity index (χ4n) is 6.67. The summed E-state index contributed by atoms with van der Waals surface area (Å²) in [4.78, 5) is 24.3. The van der Waals surface area contributed by atoms with Crippen LogP contribution in [0.5, 0.6) is 5.75 Å². The lowest BCUT2D eigenvalue weighted by Gasteiger charge is -2.38. The minimum absolute atomic E-state index is 0.0954. The highest BCUT2D eigenvalue weighted by atomic mass is 32.1. The van der Waals surface area contributed by atoms with Gasteiger partial charge in [-0.2, -0.15) is 0 Å². The molecule has 2 fully saturated rings. The van der Waals surface area contributed by atoms with E-state index >= 15 is 0 Å². The van der Waals surface area contributed by atoms with Gasteiger partial charge in [-0.15, -0.1) is 11.3 Å². The lowest BCUT2D eigenvalue weighted by Crippen LogP contribution is -2.50. The Labute approximate surface area is 256 Å². The molecule has 4 heterocycles. The van der Waals surface area contributed by atoms with Gasteiger partial charge in [-0.3, -0.25) is 9.69 Å². The normalized spacial score (nSPS) is 19.7. The molecule has 222 valence electrons. The first-order valence-corrected chi connectivity index (χ1v) is 16.1. The Kier molecular flexibility index (Phi) is 7.91. The molecule has 1 aliphatic heterocycles. The Morgan fingerprint density at radius 3 is 2.51 bits per heavy atom. The minimum atomic E-state index is 0.0954. The van der Waals surface area contributed by atoms with Crippen LogP contribution in [0, 0.1) is 5.92 Å². The standard InChI is InChI=1S/C35H38N4O3S/c1-41-28-13-10-24(11-14-28)34-30(23-37-16-18-38(19-17-37)35(40)26-7-5-8-29(20-26)42-2)39-22-27(12-15-33(39)36-34)32-21-25-6-3-4-9-31(25)43-32/h3-4,6,9-15,21-22,26,29H,5,7-8,16-20,23H2,1-2H3/t26-,29+/m0/s1. The number of hydrogen-bond donors (Lipinski definition) is 0. The number of nitrogens with zero attached hydrogens (tertiary/aromatic N) is 4. The van der Waals surface area contributed by atoms with Crippen LogP contribution in [0.4, 0.5) is 0 Å². The van der Waals surface area contributed by atoms with Crippen LogP contribution in [-0.2, 0) is 16.1 Å². The maximum atomic E-state index is 13.4. The number of aromatic nitrogens is 2. The Morgan fingerprint density at radius 2 is 1.74 bits per heavy atom. The van der Waals surface area contributed by atoms with E-state index in [-0.39, 0.29) is 12.0 Å². The topological polar surface area (TPSA) is 59.3 Å². The molecule has 1 saturated carbocycles. The van der Waals surface area contributed by atoms with Gasteiger partial charge in [0.1, 0.15) is 11.4 Å². The number of pyridine rings is 1. The van der Waals surface area contributed by atoms with Crippen LogP contribution in [-0.4, -0.2) is 71.6 Å². The van der Waals surface area contributed by atoms with E-state index in [1.807, 2.05) is 23.5 Å². The van der Waals surface area contributed by atoms with Crippen LogP contribution in [0.3, 0.4) is 0 Å². The molecule has 5 aromatic rings. The predicted octanol–water partition coefficient (Wildman–Crippen LogP) is 6.74. The molecule has 7 nitrogen and oxygen atoms in total. The van der Waals surface area contributed by atoms with Gasteiger partial charge in [-0.25, -0.2) is 4.98 Å². The summed E-state index contributed by atoms with van der Waals surface area (Å²) in [6.07, 6.45) is 6.42. The van der Waals surface area contributed by atoms with E-state index in [1.165, 1.54) is 20.5 Å². The quantitative estimate of drug-likeness (QED) is 0.209. The molecule has 0 bridgehead atoms. The van der Waals surface area contributed by atoms with E-state index in [0.29, 0.717) is 5.91 Å². The van der Waals surface area contributed by atoms with Gasteiger partial charge in [-0.1, -0.05) is 24.6 Å². The van der Waals surface area contributed by atoms with Gasteiger partial charge in [0.05, 0.1) is 24.6 Å². The lowest BCUT2D eigenvalue weighted by atomic mass is 9.86. The van der Waals surface area contributed by atoms with Gasteiger partial charge < -0.3 is 18.8 Å². The molecule has 0 N–H and O–H groups in total. The second-order valence-electron chi connectivity index (χ2n) is 11.8. The first-order valence-electron chi connectivity index (χ1n) is 15.3. The van der Waals surface area contributed by atoms with Crippen LogP contribution in [0.25, 0.3) is 37.4 Å². The minimum Gasteiger partial charge on any atom is -0.497 e. The number of rotatable bonds is 7. The predicted molar refractivity (Wildman–Crippen MR) is 173 cm³/mol. The number of piperazine rings is 1. The van der Waals surface area contributed by atoms with E-state index in [2.05, 4.69) is 75.0 Å². The average molecular weight is 595 g/mol. The first kappa shape index (κ1) is 28.1. The molecule has 0 spiro atoms. The van der Waals surface area contributed by atoms with Gasteiger partial charge in [0.15, 0.2) is 0 Å². The first-order chi connectivity index (χ1) is 21.1. The second-order valence-corrected chi connectivity index (χ2v) is 12.8. The molecule has 0 radical (unpaired) electrons. The third-order valence-corrected chi connectivity index (χ3v) is 10.3. The molecule has 43 heavy (non-hydrogen) atoms. The summed E-state index contributed by atoms with van der Waals surface area (Å²) in [5, 5.41) is 1.27. The highest BCUT2D eigenvalue weighted by Gasteiger charge is 2.32. The van der Waals surface area contributed by atoms with E-state index in [9.17, 15) is 4.79 Å². The second kappa shape index (κ2) is 12.1. The van der Waals surface area contributed by atoms with Crippen molar-refractivity contribution in [1.82, 2.24) is 19.2 Å². The molecule has 8 heteroatoms. The van der Waals surface area contributed by atoms with Gasteiger partial charge in [0.2, 0.25) is 5.91 Å². The summed E-state index contributed by atoms with van der Waals surface area (Å²) in [5.41, 5.74) is 5.35. The number of carbonyl (C=O) groups is 1. The molecule has 1 aliphatic carbocycles. The Bertz CT molecular complexity index is 1700. The fraction of sp³-hybridized carbons (Fsp3) is 0.371. The molecule has 7 rings (SSSR count). The molecule has 3 aromatic heterocycles. The molecule has 0 unspecified atom stereocenters. The molecular weight excluding hydrogens is 556 g/mol. The summed E-state index contributed by atoms with van der Waals surface area (Å²) < 4.78 is 14.6. The number of imidazole rings is 1. The Balaban J connectivity index is 1.16. The number of thiophene rings is 1.